The summed E-state index contributed by atoms with van der Waals surface area (Å²) in [5, 5.41) is 3.31. The SMILES string of the molecule is CC(C)C(NCc1ccc(F)c(F)c1)c1ccc(F)cc1. The number of benzene rings is 2. The Balaban J connectivity index is 2.09. The van der Waals surface area contributed by atoms with Crippen molar-refractivity contribution in [3.8, 4) is 0 Å². The topological polar surface area (TPSA) is 12.0 Å². The molecule has 1 unspecified atom stereocenters. The quantitative estimate of drug-likeness (QED) is 0.850. The van der Waals surface area contributed by atoms with E-state index in [1.54, 1.807) is 18.2 Å². The molecule has 0 fully saturated rings. The second kappa shape index (κ2) is 6.76. The molecule has 0 aliphatic heterocycles. The number of rotatable bonds is 5. The van der Waals surface area contributed by atoms with Crippen LogP contribution in [0.2, 0.25) is 0 Å². The molecule has 1 N–H and O–H groups in total. The lowest BCUT2D eigenvalue weighted by Crippen LogP contribution is -2.25. The molecule has 1 atom stereocenters. The van der Waals surface area contributed by atoms with E-state index < -0.39 is 11.6 Å². The number of nitrogens with one attached hydrogen (secondary N) is 1. The molecule has 0 radical (unpaired) electrons. The van der Waals surface area contributed by atoms with Crippen LogP contribution in [0.5, 0.6) is 0 Å². The number of halogens is 3. The minimum Gasteiger partial charge on any atom is -0.306 e. The Labute approximate surface area is 122 Å². The lowest BCUT2D eigenvalue weighted by atomic mass is 9.95. The van der Waals surface area contributed by atoms with E-state index >= 15 is 0 Å². The van der Waals surface area contributed by atoms with Gasteiger partial charge >= 0.3 is 0 Å². The lowest BCUT2D eigenvalue weighted by molar-refractivity contribution is 0.409. The highest BCUT2D eigenvalue weighted by Crippen LogP contribution is 2.22. The first-order chi connectivity index (χ1) is 9.97. The Kier molecular flexibility index (Phi) is 5.02. The van der Waals surface area contributed by atoms with Crippen LogP contribution in [0, 0.1) is 23.4 Å². The molecule has 112 valence electrons. The van der Waals surface area contributed by atoms with E-state index in [0.29, 0.717) is 12.1 Å². The zero-order valence-corrected chi connectivity index (χ0v) is 12.0. The van der Waals surface area contributed by atoms with Crippen LogP contribution in [0.25, 0.3) is 0 Å². The van der Waals surface area contributed by atoms with E-state index in [1.807, 2.05) is 13.8 Å². The van der Waals surface area contributed by atoms with Gasteiger partial charge in [0.2, 0.25) is 0 Å². The molecule has 2 aromatic carbocycles. The zero-order valence-electron chi connectivity index (χ0n) is 12.0. The standard InChI is InChI=1S/C17H18F3N/c1-11(2)17(13-4-6-14(18)7-5-13)21-10-12-3-8-15(19)16(20)9-12/h3-9,11,17,21H,10H2,1-2H3. The van der Waals surface area contributed by atoms with Crippen molar-refractivity contribution in [3.63, 3.8) is 0 Å². The van der Waals surface area contributed by atoms with Crippen LogP contribution in [0.15, 0.2) is 42.5 Å². The first kappa shape index (κ1) is 15.6. The molecule has 2 aromatic rings. The van der Waals surface area contributed by atoms with Crippen molar-refractivity contribution in [2.75, 3.05) is 0 Å². The smallest absolute Gasteiger partial charge is 0.159 e. The molecule has 1 nitrogen and oxygen atoms in total. The average molecular weight is 293 g/mol. The molecule has 0 saturated carbocycles. The molecular weight excluding hydrogens is 275 g/mol. The molecule has 0 spiro atoms. The van der Waals surface area contributed by atoms with Gasteiger partial charge in [0, 0.05) is 12.6 Å². The van der Waals surface area contributed by atoms with Crippen molar-refractivity contribution >= 4 is 0 Å². The van der Waals surface area contributed by atoms with E-state index in [-0.39, 0.29) is 17.8 Å². The second-order valence-electron chi connectivity index (χ2n) is 5.40. The Bertz CT molecular complexity index is 593. The predicted octanol–water partition coefficient (Wildman–Crippen LogP) is 4.59. The molecule has 21 heavy (non-hydrogen) atoms. The molecule has 0 aliphatic rings. The van der Waals surface area contributed by atoms with Crippen LogP contribution in [0.4, 0.5) is 13.2 Å². The van der Waals surface area contributed by atoms with Gasteiger partial charge < -0.3 is 5.32 Å². The van der Waals surface area contributed by atoms with Crippen LogP contribution in [-0.4, -0.2) is 0 Å². The molecule has 0 aromatic heterocycles. The van der Waals surface area contributed by atoms with E-state index in [2.05, 4.69) is 5.32 Å². The highest BCUT2D eigenvalue weighted by molar-refractivity contribution is 5.22. The summed E-state index contributed by atoms with van der Waals surface area (Å²) in [4.78, 5) is 0. The van der Waals surface area contributed by atoms with Gasteiger partial charge in [0.1, 0.15) is 5.82 Å². The fourth-order valence-corrected chi connectivity index (χ4v) is 2.29. The first-order valence-electron chi connectivity index (χ1n) is 6.90. The van der Waals surface area contributed by atoms with Crippen molar-refractivity contribution in [1.82, 2.24) is 5.32 Å². The normalized spacial score (nSPS) is 12.7. The lowest BCUT2D eigenvalue weighted by Gasteiger charge is -2.23. The van der Waals surface area contributed by atoms with E-state index in [9.17, 15) is 13.2 Å². The van der Waals surface area contributed by atoms with Crippen LogP contribution in [0.3, 0.4) is 0 Å². The fraction of sp³-hybridized carbons (Fsp3) is 0.294. The van der Waals surface area contributed by atoms with Crippen molar-refractivity contribution < 1.29 is 13.2 Å². The molecular formula is C17H18F3N. The highest BCUT2D eigenvalue weighted by Gasteiger charge is 2.15. The third-order valence-electron chi connectivity index (χ3n) is 3.41. The van der Waals surface area contributed by atoms with Gasteiger partial charge in [0.25, 0.3) is 0 Å². The highest BCUT2D eigenvalue weighted by atomic mass is 19.2. The van der Waals surface area contributed by atoms with E-state index in [4.69, 9.17) is 0 Å². The summed E-state index contributed by atoms with van der Waals surface area (Å²) >= 11 is 0. The Morgan fingerprint density at radius 3 is 2.14 bits per heavy atom. The third-order valence-corrected chi connectivity index (χ3v) is 3.41. The van der Waals surface area contributed by atoms with Crippen LogP contribution < -0.4 is 5.32 Å². The van der Waals surface area contributed by atoms with Gasteiger partial charge in [-0.05, 0) is 41.3 Å². The van der Waals surface area contributed by atoms with Crippen LogP contribution in [-0.2, 0) is 6.54 Å². The van der Waals surface area contributed by atoms with Gasteiger partial charge in [-0.3, -0.25) is 0 Å². The van der Waals surface area contributed by atoms with Crippen molar-refractivity contribution in [1.29, 1.82) is 0 Å². The average Bonchev–Trinajstić information content (AvgIpc) is 2.44. The van der Waals surface area contributed by atoms with Crippen molar-refractivity contribution in [3.05, 3.63) is 71.0 Å². The van der Waals surface area contributed by atoms with Gasteiger partial charge in [-0.25, -0.2) is 13.2 Å². The Hall–Kier alpha value is -1.81. The van der Waals surface area contributed by atoms with Crippen LogP contribution >= 0.6 is 0 Å². The van der Waals surface area contributed by atoms with Gasteiger partial charge in [-0.2, -0.15) is 0 Å². The Morgan fingerprint density at radius 2 is 1.57 bits per heavy atom. The Morgan fingerprint density at radius 1 is 0.905 bits per heavy atom. The van der Waals surface area contributed by atoms with Gasteiger partial charge in [0.05, 0.1) is 0 Å². The molecule has 2 rings (SSSR count). The third kappa shape index (κ3) is 4.08. The summed E-state index contributed by atoms with van der Waals surface area (Å²) in [5.74, 6) is -1.70. The van der Waals surface area contributed by atoms with Crippen molar-refractivity contribution in [2.45, 2.75) is 26.4 Å². The summed E-state index contributed by atoms with van der Waals surface area (Å²) in [6.07, 6.45) is 0. The molecule has 0 bridgehead atoms. The van der Waals surface area contributed by atoms with E-state index in [0.717, 1.165) is 11.6 Å². The zero-order chi connectivity index (χ0) is 15.4. The maximum absolute atomic E-state index is 13.2. The van der Waals surface area contributed by atoms with Gasteiger partial charge in [-0.15, -0.1) is 0 Å². The largest absolute Gasteiger partial charge is 0.306 e. The number of hydrogen-bond acceptors (Lipinski definition) is 1. The summed E-state index contributed by atoms with van der Waals surface area (Å²) in [6.45, 7) is 4.51. The second-order valence-corrected chi connectivity index (χ2v) is 5.40. The van der Waals surface area contributed by atoms with Crippen LogP contribution in [0.1, 0.15) is 31.0 Å². The molecule has 0 aliphatic carbocycles. The maximum Gasteiger partial charge on any atom is 0.159 e. The minimum atomic E-state index is -0.850. The molecule has 0 amide bonds. The molecule has 0 heterocycles. The summed E-state index contributed by atoms with van der Waals surface area (Å²) in [7, 11) is 0. The van der Waals surface area contributed by atoms with Crippen molar-refractivity contribution in [2.24, 2.45) is 5.92 Å². The first-order valence-corrected chi connectivity index (χ1v) is 6.90. The van der Waals surface area contributed by atoms with E-state index in [1.165, 1.54) is 18.2 Å². The molecule has 0 saturated heterocycles. The minimum absolute atomic E-state index is 0.0127. The number of hydrogen-bond donors (Lipinski definition) is 1. The van der Waals surface area contributed by atoms with Gasteiger partial charge in [0.15, 0.2) is 11.6 Å². The summed E-state index contributed by atoms with van der Waals surface area (Å²) in [5.41, 5.74) is 1.63. The monoisotopic (exact) mass is 293 g/mol. The maximum atomic E-state index is 13.2. The van der Waals surface area contributed by atoms with Gasteiger partial charge in [-0.1, -0.05) is 32.0 Å². The summed E-state index contributed by atoms with van der Waals surface area (Å²) < 4.78 is 39.1. The summed E-state index contributed by atoms with van der Waals surface area (Å²) in [6, 6.07) is 10.2. The molecule has 4 heteroatoms. The fourth-order valence-electron chi connectivity index (χ4n) is 2.29. The predicted molar refractivity (Wildman–Crippen MR) is 77.2 cm³/mol.